The molecule has 1 rings (SSSR count). The molecule has 0 aliphatic heterocycles. The summed E-state index contributed by atoms with van der Waals surface area (Å²) in [6.07, 6.45) is 27.9. The predicted molar refractivity (Wildman–Crippen MR) is 138 cm³/mol. The van der Waals surface area contributed by atoms with Gasteiger partial charge in [-0.15, -0.1) is 0 Å². The van der Waals surface area contributed by atoms with Gasteiger partial charge in [0.15, 0.2) is 0 Å². The van der Waals surface area contributed by atoms with E-state index in [1.165, 1.54) is 77.0 Å². The van der Waals surface area contributed by atoms with E-state index in [4.69, 9.17) is 0 Å². The van der Waals surface area contributed by atoms with Gasteiger partial charge in [0.05, 0.1) is 0 Å². The fourth-order valence-electron chi connectivity index (χ4n) is 2.58. The predicted octanol–water partition coefficient (Wildman–Crippen LogP) is 7.39. The molecule has 2 atom stereocenters. The first-order valence-electron chi connectivity index (χ1n) is 12.5. The zero-order valence-electron chi connectivity index (χ0n) is 22.3. The van der Waals surface area contributed by atoms with Gasteiger partial charge in [-0.2, -0.15) is 24.7 Å². The molecule has 0 spiro atoms. The van der Waals surface area contributed by atoms with Gasteiger partial charge in [-0.3, -0.25) is 0 Å². The maximum absolute atomic E-state index is 4.17. The zero-order chi connectivity index (χ0) is 22.6. The van der Waals surface area contributed by atoms with Gasteiger partial charge in [0.25, 0.3) is 0 Å². The molecule has 0 fully saturated rings. The summed E-state index contributed by atoms with van der Waals surface area (Å²) >= 11 is 0. The Balaban J connectivity index is -0.000000102. The third-order valence-electron chi connectivity index (χ3n) is 4.79. The van der Waals surface area contributed by atoms with Crippen molar-refractivity contribution in [1.29, 1.82) is 0 Å². The number of hydrogen-bond donors (Lipinski definition) is 0. The summed E-state index contributed by atoms with van der Waals surface area (Å²) in [4.78, 5) is 0. The molecule has 0 saturated carbocycles. The van der Waals surface area contributed by atoms with Gasteiger partial charge in [-0.1, -0.05) is 129 Å². The largest absolute Gasteiger partial charge is 3.00 e. The van der Waals surface area contributed by atoms with Crippen molar-refractivity contribution in [3.8, 4) is 0 Å². The molecule has 1 aliphatic rings. The maximum atomic E-state index is 4.17. The second-order valence-electron chi connectivity index (χ2n) is 7.89. The van der Waals surface area contributed by atoms with E-state index in [0.717, 1.165) is 12.8 Å². The normalized spacial score (nSPS) is 12.5. The van der Waals surface area contributed by atoms with Crippen LogP contribution in [0.1, 0.15) is 118 Å². The van der Waals surface area contributed by atoms with Crippen LogP contribution in [0.3, 0.4) is 0 Å². The molecule has 0 saturated heterocycles. The summed E-state index contributed by atoms with van der Waals surface area (Å²) in [7, 11) is 0. The van der Waals surface area contributed by atoms with Crippen molar-refractivity contribution in [2.45, 2.75) is 118 Å². The van der Waals surface area contributed by atoms with E-state index in [1.54, 1.807) is 0 Å². The van der Waals surface area contributed by atoms with E-state index in [2.05, 4.69) is 55.4 Å². The molecule has 176 valence electrons. The van der Waals surface area contributed by atoms with Crippen LogP contribution in [-0.2, 0) is 26.2 Å². The molecule has 0 unspecified atom stereocenters. The van der Waals surface area contributed by atoms with Gasteiger partial charge in [0.2, 0.25) is 0 Å². The maximum Gasteiger partial charge on any atom is 3.00 e. The average molecular weight is 502 g/mol. The first-order chi connectivity index (χ1) is 14.0. The molecule has 0 aromatic heterocycles. The average Bonchev–Trinajstić information content (AvgIpc) is 3.34. The molecule has 2 radical (unpaired) electrons. The number of rotatable bonds is 13. The third-order valence-corrected chi connectivity index (χ3v) is 4.79. The van der Waals surface area contributed by atoms with Crippen LogP contribution in [-0.4, -0.2) is 0 Å². The Kier molecular flexibility index (Phi) is 56.1. The van der Waals surface area contributed by atoms with E-state index in [1.807, 2.05) is 30.7 Å². The summed E-state index contributed by atoms with van der Waals surface area (Å²) < 4.78 is 0. The van der Waals surface area contributed by atoms with Gasteiger partial charge >= 0.3 is 45.1 Å². The quantitative estimate of drug-likeness (QED) is 0.140. The molecule has 0 aromatic carbocycles. The molecule has 0 bridgehead atoms. The van der Waals surface area contributed by atoms with Crippen LogP contribution < -0.4 is 18.9 Å². The minimum Gasteiger partial charge on any atom is -0.343 e. The van der Waals surface area contributed by atoms with E-state index < -0.39 is 0 Å². The number of hydrogen-bond acceptors (Lipinski definition) is 0. The molecule has 2 heteroatoms. The van der Waals surface area contributed by atoms with Gasteiger partial charge in [-0.25, -0.2) is 0 Å². The van der Waals surface area contributed by atoms with E-state index >= 15 is 0 Å². The minimum absolute atomic E-state index is 0. The Labute approximate surface area is 231 Å². The van der Waals surface area contributed by atoms with Crippen LogP contribution in [0.4, 0.5) is 0 Å². The van der Waals surface area contributed by atoms with Gasteiger partial charge in [0, 0.05) is 6.42 Å². The molecule has 0 N–H and O–H groups in total. The smallest absolute Gasteiger partial charge is 0.343 e. The zero-order valence-corrected chi connectivity index (χ0v) is 24.7. The van der Waals surface area contributed by atoms with Crippen molar-refractivity contribution in [2.24, 2.45) is 11.8 Å². The van der Waals surface area contributed by atoms with Crippen molar-refractivity contribution in [2.75, 3.05) is 0 Å². The standard InChI is InChI=1S/C12H24.2C6H13.C5H5.Li.Zr/c1-5-7-9-11(3)12(4)10-8-6-2;2*1-3-5-6-4-2;1-2-4-5-3-1;;/h11-12H,3-10H2,1-2H3;2*1,3-6H2,2H3;1-5H;;/q-2;2*-1;;+1;+3/t11-,12-;;;;;/m1...../s1. The topological polar surface area (TPSA) is 0 Å². The molecule has 0 aromatic rings. The van der Waals surface area contributed by atoms with Crippen molar-refractivity contribution in [3.63, 3.8) is 0 Å². The van der Waals surface area contributed by atoms with Crippen molar-refractivity contribution < 1.29 is 45.1 Å². The van der Waals surface area contributed by atoms with Gasteiger partial charge < -0.3 is 27.7 Å². The summed E-state index contributed by atoms with van der Waals surface area (Å²) in [5, 5.41) is 0. The second-order valence-corrected chi connectivity index (χ2v) is 7.89. The Morgan fingerprint density at radius 1 is 0.548 bits per heavy atom. The van der Waals surface area contributed by atoms with E-state index in [9.17, 15) is 0 Å². The SMILES string of the molecule is [CH2-]CCCCC.[CH2-]CCCCC.[CH2-][C@H](CCCC)[C@H]([CH2-])CCCC.[CH]1C=CC=C1.[Li+].[Zr+3]. The van der Waals surface area contributed by atoms with Crippen LogP contribution in [0.5, 0.6) is 0 Å². The van der Waals surface area contributed by atoms with Gasteiger partial charge in [0.1, 0.15) is 0 Å². The van der Waals surface area contributed by atoms with E-state index in [0.29, 0.717) is 11.8 Å². The van der Waals surface area contributed by atoms with Crippen molar-refractivity contribution in [3.05, 3.63) is 58.4 Å². The monoisotopic (exact) mass is 500 g/mol. The van der Waals surface area contributed by atoms with E-state index in [-0.39, 0.29) is 45.1 Å². The molecule has 0 nitrogen and oxygen atoms in total. The fourth-order valence-corrected chi connectivity index (χ4v) is 2.58. The molecule has 31 heavy (non-hydrogen) atoms. The molecular weight excluding hydrogens is 446 g/mol. The summed E-state index contributed by atoms with van der Waals surface area (Å²) in [5.41, 5.74) is 0. The van der Waals surface area contributed by atoms with Crippen LogP contribution in [0.2, 0.25) is 0 Å². The molecular formula is C29H55LiZr. The third kappa shape index (κ3) is 45.2. The van der Waals surface area contributed by atoms with Crippen LogP contribution >= 0.6 is 0 Å². The Morgan fingerprint density at radius 2 is 0.871 bits per heavy atom. The summed E-state index contributed by atoms with van der Waals surface area (Å²) in [6.45, 7) is 24.7. The Bertz CT molecular complexity index is 274. The molecule has 0 amide bonds. The molecule has 0 heterocycles. The minimum atomic E-state index is 0. The number of unbranched alkanes of at least 4 members (excludes halogenated alkanes) is 8. The van der Waals surface area contributed by atoms with Gasteiger partial charge in [-0.05, 0) is 0 Å². The Morgan fingerprint density at radius 3 is 1.03 bits per heavy atom. The summed E-state index contributed by atoms with van der Waals surface area (Å²) in [5.74, 6) is 1.16. The first kappa shape index (κ1) is 42.1. The van der Waals surface area contributed by atoms with Crippen molar-refractivity contribution >= 4 is 0 Å². The van der Waals surface area contributed by atoms with Crippen LogP contribution in [0.25, 0.3) is 0 Å². The van der Waals surface area contributed by atoms with Crippen molar-refractivity contribution in [1.82, 2.24) is 0 Å². The Hall–Kier alpha value is 0.961. The molecule has 1 aliphatic carbocycles. The van der Waals surface area contributed by atoms with Crippen LogP contribution in [0.15, 0.2) is 24.3 Å². The summed E-state index contributed by atoms with van der Waals surface area (Å²) in [6, 6.07) is 0. The number of allylic oxidation sites excluding steroid dienone is 4. The van der Waals surface area contributed by atoms with Crippen LogP contribution in [0, 0.1) is 46.0 Å². The fraction of sp³-hybridized carbons (Fsp3) is 0.690. The first-order valence-corrected chi connectivity index (χ1v) is 12.5. The second kappa shape index (κ2) is 41.2.